The smallest absolute Gasteiger partial charge is 0.319 e. The molecule has 1 aromatic heterocycles. The van der Waals surface area contributed by atoms with Gasteiger partial charge in [0.1, 0.15) is 6.07 Å². The van der Waals surface area contributed by atoms with E-state index in [4.69, 9.17) is 5.26 Å². The van der Waals surface area contributed by atoms with Gasteiger partial charge in [-0.05, 0) is 19.4 Å². The van der Waals surface area contributed by atoms with Gasteiger partial charge < -0.3 is 4.90 Å². The molecule has 0 aliphatic carbocycles. The van der Waals surface area contributed by atoms with Gasteiger partial charge in [0.2, 0.25) is 0 Å². The van der Waals surface area contributed by atoms with Crippen LogP contribution in [-0.2, 0) is 6.54 Å². The van der Waals surface area contributed by atoms with Gasteiger partial charge in [-0.25, -0.2) is 4.79 Å². The standard InChI is InChI=1S/C15H16N4O/c1-3-18(10-13-6-4-12(2)5-7-13)15(20)19-11-14(8-16)9-17-19/h4-7,9,11H,3,10H2,1-2H3. The number of hydrogen-bond donors (Lipinski definition) is 0. The Morgan fingerprint density at radius 3 is 2.65 bits per heavy atom. The maximum atomic E-state index is 12.3. The van der Waals surface area contributed by atoms with E-state index in [-0.39, 0.29) is 6.03 Å². The maximum Gasteiger partial charge on any atom is 0.344 e. The predicted molar refractivity (Wildman–Crippen MR) is 75.0 cm³/mol. The zero-order valence-corrected chi connectivity index (χ0v) is 11.6. The lowest BCUT2D eigenvalue weighted by atomic mass is 10.1. The molecule has 0 radical (unpaired) electrons. The van der Waals surface area contributed by atoms with Crippen molar-refractivity contribution in [2.45, 2.75) is 20.4 Å². The predicted octanol–water partition coefficient (Wildman–Crippen LogP) is 2.55. The van der Waals surface area contributed by atoms with Crippen molar-refractivity contribution in [3.05, 3.63) is 53.3 Å². The monoisotopic (exact) mass is 268 g/mol. The fourth-order valence-corrected chi connectivity index (χ4v) is 1.86. The van der Waals surface area contributed by atoms with E-state index < -0.39 is 0 Å². The SMILES string of the molecule is CCN(Cc1ccc(C)cc1)C(=O)n1cc(C#N)cn1. The molecule has 0 unspecified atom stereocenters. The van der Waals surface area contributed by atoms with Crippen LogP contribution >= 0.6 is 0 Å². The molecule has 0 bridgehead atoms. The topological polar surface area (TPSA) is 61.9 Å². The van der Waals surface area contributed by atoms with Crippen LogP contribution in [0.15, 0.2) is 36.7 Å². The normalized spacial score (nSPS) is 10.1. The Kier molecular flexibility index (Phi) is 4.16. The van der Waals surface area contributed by atoms with Gasteiger partial charge in [-0.15, -0.1) is 0 Å². The first-order valence-corrected chi connectivity index (χ1v) is 6.43. The number of aryl methyl sites for hydroxylation is 1. The van der Waals surface area contributed by atoms with Gasteiger partial charge in [-0.1, -0.05) is 29.8 Å². The van der Waals surface area contributed by atoms with Gasteiger partial charge in [-0.3, -0.25) is 0 Å². The average Bonchev–Trinajstić information content (AvgIpc) is 2.95. The van der Waals surface area contributed by atoms with Crippen LogP contribution in [0.4, 0.5) is 4.79 Å². The fraction of sp³-hybridized carbons (Fsp3) is 0.267. The first-order valence-electron chi connectivity index (χ1n) is 6.43. The van der Waals surface area contributed by atoms with Crippen molar-refractivity contribution in [2.75, 3.05) is 6.54 Å². The molecule has 1 aromatic carbocycles. The summed E-state index contributed by atoms with van der Waals surface area (Å²) in [6, 6.07) is 9.80. The summed E-state index contributed by atoms with van der Waals surface area (Å²) < 4.78 is 1.20. The lowest BCUT2D eigenvalue weighted by Crippen LogP contribution is -2.34. The van der Waals surface area contributed by atoms with E-state index in [9.17, 15) is 4.79 Å². The number of nitrogens with zero attached hydrogens (tertiary/aromatic N) is 4. The molecule has 5 heteroatoms. The first-order chi connectivity index (χ1) is 9.63. The second-order valence-electron chi connectivity index (χ2n) is 4.57. The second kappa shape index (κ2) is 6.02. The molecule has 20 heavy (non-hydrogen) atoms. The summed E-state index contributed by atoms with van der Waals surface area (Å²) in [6.45, 7) is 5.05. The highest BCUT2D eigenvalue weighted by Crippen LogP contribution is 2.08. The van der Waals surface area contributed by atoms with Crippen molar-refractivity contribution in [3.8, 4) is 6.07 Å². The molecule has 0 N–H and O–H groups in total. The Morgan fingerprint density at radius 2 is 2.10 bits per heavy atom. The van der Waals surface area contributed by atoms with Crippen LogP contribution in [0.3, 0.4) is 0 Å². The quantitative estimate of drug-likeness (QED) is 0.859. The summed E-state index contributed by atoms with van der Waals surface area (Å²) in [6.07, 6.45) is 2.83. The minimum absolute atomic E-state index is 0.227. The molecule has 5 nitrogen and oxygen atoms in total. The highest BCUT2D eigenvalue weighted by atomic mass is 16.2. The van der Waals surface area contributed by atoms with Crippen molar-refractivity contribution >= 4 is 6.03 Å². The Labute approximate surface area is 118 Å². The molecule has 0 fully saturated rings. The Hall–Kier alpha value is -2.61. The molecule has 0 saturated carbocycles. The van der Waals surface area contributed by atoms with E-state index in [0.29, 0.717) is 18.7 Å². The van der Waals surface area contributed by atoms with Crippen LogP contribution in [0.2, 0.25) is 0 Å². The largest absolute Gasteiger partial charge is 0.344 e. The molecule has 0 aliphatic heterocycles. The number of rotatable bonds is 3. The number of nitriles is 1. The molecule has 0 aliphatic rings. The summed E-state index contributed by atoms with van der Waals surface area (Å²) in [5.74, 6) is 0. The van der Waals surface area contributed by atoms with Crippen LogP contribution in [0, 0.1) is 18.3 Å². The summed E-state index contributed by atoms with van der Waals surface area (Å²) in [5.41, 5.74) is 2.64. The van der Waals surface area contributed by atoms with E-state index in [1.807, 2.05) is 44.2 Å². The van der Waals surface area contributed by atoms with E-state index in [1.165, 1.54) is 22.6 Å². The van der Waals surface area contributed by atoms with E-state index >= 15 is 0 Å². The Morgan fingerprint density at radius 1 is 1.40 bits per heavy atom. The number of hydrogen-bond acceptors (Lipinski definition) is 3. The van der Waals surface area contributed by atoms with Crippen molar-refractivity contribution < 1.29 is 4.79 Å². The molecule has 0 atom stereocenters. The van der Waals surface area contributed by atoms with Gasteiger partial charge in [0.15, 0.2) is 0 Å². The third kappa shape index (κ3) is 3.04. The van der Waals surface area contributed by atoms with Crippen LogP contribution < -0.4 is 0 Å². The summed E-state index contributed by atoms with van der Waals surface area (Å²) in [4.78, 5) is 14.0. The lowest BCUT2D eigenvalue weighted by molar-refractivity contribution is 0.196. The van der Waals surface area contributed by atoms with Crippen LogP contribution in [0.25, 0.3) is 0 Å². The van der Waals surface area contributed by atoms with Crippen LogP contribution in [-0.4, -0.2) is 27.3 Å². The molecule has 2 aromatic rings. The average molecular weight is 268 g/mol. The van der Waals surface area contributed by atoms with E-state index in [0.717, 1.165) is 5.56 Å². The minimum atomic E-state index is -0.227. The molecule has 0 spiro atoms. The van der Waals surface area contributed by atoms with Gasteiger partial charge in [-0.2, -0.15) is 15.0 Å². The number of aromatic nitrogens is 2. The third-order valence-corrected chi connectivity index (χ3v) is 3.05. The lowest BCUT2D eigenvalue weighted by Gasteiger charge is -2.20. The number of benzene rings is 1. The molecular weight excluding hydrogens is 252 g/mol. The third-order valence-electron chi connectivity index (χ3n) is 3.05. The van der Waals surface area contributed by atoms with Crippen molar-refractivity contribution in [2.24, 2.45) is 0 Å². The second-order valence-corrected chi connectivity index (χ2v) is 4.57. The Bertz CT molecular complexity index is 637. The zero-order valence-electron chi connectivity index (χ0n) is 11.6. The molecule has 0 saturated heterocycles. The maximum absolute atomic E-state index is 12.3. The van der Waals surface area contributed by atoms with Crippen LogP contribution in [0.1, 0.15) is 23.6 Å². The van der Waals surface area contributed by atoms with Gasteiger partial charge in [0.05, 0.1) is 18.0 Å². The van der Waals surface area contributed by atoms with Crippen molar-refractivity contribution in [1.82, 2.24) is 14.7 Å². The number of amides is 1. The van der Waals surface area contributed by atoms with Crippen molar-refractivity contribution in [1.29, 1.82) is 5.26 Å². The number of carbonyl (C=O) groups is 1. The fourth-order valence-electron chi connectivity index (χ4n) is 1.86. The van der Waals surface area contributed by atoms with Gasteiger partial charge >= 0.3 is 6.03 Å². The van der Waals surface area contributed by atoms with Gasteiger partial charge in [0, 0.05) is 13.1 Å². The molecule has 1 heterocycles. The van der Waals surface area contributed by atoms with Crippen molar-refractivity contribution in [3.63, 3.8) is 0 Å². The van der Waals surface area contributed by atoms with Crippen LogP contribution in [0.5, 0.6) is 0 Å². The first kappa shape index (κ1) is 13.8. The summed E-state index contributed by atoms with van der Waals surface area (Å²) in [5, 5.41) is 12.7. The summed E-state index contributed by atoms with van der Waals surface area (Å²) in [7, 11) is 0. The number of carbonyl (C=O) groups excluding carboxylic acids is 1. The molecular formula is C15H16N4O. The van der Waals surface area contributed by atoms with E-state index in [2.05, 4.69) is 5.10 Å². The highest BCUT2D eigenvalue weighted by molar-refractivity contribution is 5.76. The Balaban J connectivity index is 2.13. The zero-order chi connectivity index (χ0) is 14.5. The molecule has 2 rings (SSSR count). The highest BCUT2D eigenvalue weighted by Gasteiger charge is 2.15. The molecule has 1 amide bonds. The van der Waals surface area contributed by atoms with E-state index in [1.54, 1.807) is 4.90 Å². The van der Waals surface area contributed by atoms with Gasteiger partial charge in [0.25, 0.3) is 0 Å². The summed E-state index contributed by atoms with van der Waals surface area (Å²) >= 11 is 0. The minimum Gasteiger partial charge on any atom is -0.319 e. The molecule has 102 valence electrons.